The number of nitrogens with zero attached hydrogens (tertiary/aromatic N) is 3. The summed E-state index contributed by atoms with van der Waals surface area (Å²) in [5, 5.41) is 10.9. The zero-order chi connectivity index (χ0) is 16.3. The van der Waals surface area contributed by atoms with Gasteiger partial charge in [-0.25, -0.2) is 0 Å². The predicted molar refractivity (Wildman–Crippen MR) is 92.5 cm³/mol. The fourth-order valence-electron chi connectivity index (χ4n) is 2.28. The SMILES string of the molecule is CN=C(NCCCOC)NCc1ccccc1Cn1cccn1. The second kappa shape index (κ2) is 9.63. The number of methoxy groups -OCH3 is 1. The van der Waals surface area contributed by atoms with E-state index in [9.17, 15) is 0 Å². The average Bonchev–Trinajstić information content (AvgIpc) is 3.08. The number of aromatic nitrogens is 2. The van der Waals surface area contributed by atoms with Gasteiger partial charge in [0, 0.05) is 46.2 Å². The monoisotopic (exact) mass is 315 g/mol. The van der Waals surface area contributed by atoms with Crippen LogP contribution in [-0.4, -0.2) is 43.0 Å². The van der Waals surface area contributed by atoms with Gasteiger partial charge in [0.15, 0.2) is 5.96 Å². The van der Waals surface area contributed by atoms with Crippen molar-refractivity contribution in [1.82, 2.24) is 20.4 Å². The van der Waals surface area contributed by atoms with Crippen LogP contribution in [-0.2, 0) is 17.8 Å². The van der Waals surface area contributed by atoms with Crippen molar-refractivity contribution in [1.29, 1.82) is 0 Å². The molecule has 0 fully saturated rings. The van der Waals surface area contributed by atoms with Gasteiger partial charge in [0.1, 0.15) is 0 Å². The smallest absolute Gasteiger partial charge is 0.191 e. The van der Waals surface area contributed by atoms with E-state index in [1.807, 2.05) is 16.9 Å². The van der Waals surface area contributed by atoms with Crippen LogP contribution >= 0.6 is 0 Å². The van der Waals surface area contributed by atoms with Crippen LogP contribution < -0.4 is 10.6 Å². The molecule has 0 aliphatic carbocycles. The molecular weight excluding hydrogens is 290 g/mol. The Hall–Kier alpha value is -2.34. The third-order valence-electron chi connectivity index (χ3n) is 3.50. The number of rotatable bonds is 8. The van der Waals surface area contributed by atoms with Crippen molar-refractivity contribution in [3.63, 3.8) is 0 Å². The number of nitrogens with one attached hydrogen (secondary N) is 2. The Morgan fingerprint density at radius 3 is 2.74 bits per heavy atom. The maximum atomic E-state index is 5.04. The van der Waals surface area contributed by atoms with Gasteiger partial charge in [0.25, 0.3) is 0 Å². The van der Waals surface area contributed by atoms with E-state index in [4.69, 9.17) is 4.74 Å². The zero-order valence-electron chi connectivity index (χ0n) is 13.8. The van der Waals surface area contributed by atoms with Crippen molar-refractivity contribution in [3.05, 3.63) is 53.9 Å². The first kappa shape index (κ1) is 17.0. The zero-order valence-corrected chi connectivity index (χ0v) is 13.8. The van der Waals surface area contributed by atoms with E-state index >= 15 is 0 Å². The van der Waals surface area contributed by atoms with Gasteiger partial charge >= 0.3 is 0 Å². The number of guanidine groups is 1. The van der Waals surface area contributed by atoms with Gasteiger partial charge < -0.3 is 15.4 Å². The van der Waals surface area contributed by atoms with Crippen molar-refractivity contribution in [2.24, 2.45) is 4.99 Å². The van der Waals surface area contributed by atoms with Crippen LogP contribution in [0.2, 0.25) is 0 Å². The van der Waals surface area contributed by atoms with Crippen molar-refractivity contribution in [2.45, 2.75) is 19.5 Å². The molecule has 0 saturated heterocycles. The van der Waals surface area contributed by atoms with Gasteiger partial charge in [0.2, 0.25) is 0 Å². The molecule has 124 valence electrons. The summed E-state index contributed by atoms with van der Waals surface area (Å²) >= 11 is 0. The minimum atomic E-state index is 0.724. The number of hydrogen-bond acceptors (Lipinski definition) is 3. The minimum Gasteiger partial charge on any atom is -0.385 e. The largest absolute Gasteiger partial charge is 0.385 e. The van der Waals surface area contributed by atoms with Crippen LogP contribution in [0.5, 0.6) is 0 Å². The van der Waals surface area contributed by atoms with Gasteiger partial charge in [0.05, 0.1) is 6.54 Å². The Morgan fingerprint density at radius 2 is 2.04 bits per heavy atom. The van der Waals surface area contributed by atoms with E-state index in [-0.39, 0.29) is 0 Å². The molecule has 1 aromatic carbocycles. The molecule has 0 radical (unpaired) electrons. The highest BCUT2D eigenvalue weighted by atomic mass is 16.5. The summed E-state index contributed by atoms with van der Waals surface area (Å²) < 4.78 is 6.97. The van der Waals surface area contributed by atoms with E-state index in [2.05, 4.69) is 45.0 Å². The van der Waals surface area contributed by atoms with E-state index < -0.39 is 0 Å². The predicted octanol–water partition coefficient (Wildman–Crippen LogP) is 1.63. The summed E-state index contributed by atoms with van der Waals surface area (Å²) in [6, 6.07) is 10.3. The highest BCUT2D eigenvalue weighted by Gasteiger charge is 2.04. The molecule has 0 bridgehead atoms. The summed E-state index contributed by atoms with van der Waals surface area (Å²) in [6.45, 7) is 3.07. The molecule has 0 spiro atoms. The van der Waals surface area contributed by atoms with E-state index in [0.29, 0.717) is 0 Å². The first-order chi connectivity index (χ1) is 11.3. The molecule has 1 heterocycles. The Labute approximate surface area is 137 Å². The number of ether oxygens (including phenoxy) is 1. The fraction of sp³-hybridized carbons (Fsp3) is 0.412. The normalized spacial score (nSPS) is 11.5. The Kier molecular flexibility index (Phi) is 7.13. The molecule has 23 heavy (non-hydrogen) atoms. The molecule has 0 aliphatic rings. The van der Waals surface area contributed by atoms with Crippen LogP contribution in [0.3, 0.4) is 0 Å². The molecule has 2 aromatic rings. The molecule has 0 atom stereocenters. The van der Waals surface area contributed by atoms with Gasteiger partial charge in [-0.1, -0.05) is 24.3 Å². The summed E-state index contributed by atoms with van der Waals surface area (Å²) in [4.78, 5) is 4.24. The topological polar surface area (TPSA) is 63.5 Å². The van der Waals surface area contributed by atoms with Crippen molar-refractivity contribution in [3.8, 4) is 0 Å². The summed E-state index contributed by atoms with van der Waals surface area (Å²) in [7, 11) is 3.49. The van der Waals surface area contributed by atoms with E-state index in [1.54, 1.807) is 20.4 Å². The summed E-state index contributed by atoms with van der Waals surface area (Å²) in [6.07, 6.45) is 4.72. The molecule has 0 aliphatic heterocycles. The molecule has 2 rings (SSSR count). The molecule has 1 aromatic heterocycles. The lowest BCUT2D eigenvalue weighted by atomic mass is 10.1. The van der Waals surface area contributed by atoms with Crippen LogP contribution in [0.15, 0.2) is 47.7 Å². The lowest BCUT2D eigenvalue weighted by Gasteiger charge is -2.14. The highest BCUT2D eigenvalue weighted by Crippen LogP contribution is 2.10. The number of benzene rings is 1. The first-order valence-electron chi connectivity index (χ1n) is 7.81. The third kappa shape index (κ3) is 5.75. The lowest BCUT2D eigenvalue weighted by Crippen LogP contribution is -2.37. The molecule has 2 N–H and O–H groups in total. The van der Waals surface area contributed by atoms with Crippen molar-refractivity contribution in [2.75, 3.05) is 27.3 Å². The van der Waals surface area contributed by atoms with Crippen LogP contribution in [0.4, 0.5) is 0 Å². The van der Waals surface area contributed by atoms with Crippen LogP contribution in [0, 0.1) is 0 Å². The van der Waals surface area contributed by atoms with Gasteiger partial charge in [-0.3, -0.25) is 9.67 Å². The quantitative estimate of drug-likeness (QED) is 0.441. The average molecular weight is 315 g/mol. The Bertz CT molecular complexity index is 595. The van der Waals surface area contributed by atoms with Gasteiger partial charge in [-0.2, -0.15) is 5.10 Å². The maximum Gasteiger partial charge on any atom is 0.191 e. The molecular formula is C17H25N5O. The molecule has 6 heteroatoms. The second-order valence-corrected chi connectivity index (χ2v) is 5.17. The van der Waals surface area contributed by atoms with Crippen molar-refractivity contribution < 1.29 is 4.74 Å². The first-order valence-corrected chi connectivity index (χ1v) is 7.81. The molecule has 0 unspecified atom stereocenters. The second-order valence-electron chi connectivity index (χ2n) is 5.17. The highest BCUT2D eigenvalue weighted by molar-refractivity contribution is 5.79. The number of hydrogen-bond donors (Lipinski definition) is 2. The Morgan fingerprint density at radius 1 is 1.22 bits per heavy atom. The Balaban J connectivity index is 1.89. The van der Waals surface area contributed by atoms with E-state index in [0.717, 1.165) is 38.6 Å². The van der Waals surface area contributed by atoms with Gasteiger partial charge in [-0.05, 0) is 23.6 Å². The van der Waals surface area contributed by atoms with Crippen LogP contribution in [0.25, 0.3) is 0 Å². The third-order valence-corrected chi connectivity index (χ3v) is 3.50. The van der Waals surface area contributed by atoms with Gasteiger partial charge in [-0.15, -0.1) is 0 Å². The fourth-order valence-corrected chi connectivity index (χ4v) is 2.28. The van der Waals surface area contributed by atoms with E-state index in [1.165, 1.54) is 11.1 Å². The minimum absolute atomic E-state index is 0.724. The lowest BCUT2D eigenvalue weighted by molar-refractivity contribution is 0.195. The number of aliphatic imine (C=N–C) groups is 1. The van der Waals surface area contributed by atoms with Crippen molar-refractivity contribution >= 4 is 5.96 Å². The standard InChI is InChI=1S/C17H25N5O/c1-18-17(19-9-6-12-23-2)20-13-15-7-3-4-8-16(15)14-22-11-5-10-21-22/h3-5,7-8,10-11H,6,9,12-14H2,1-2H3,(H2,18,19,20). The maximum absolute atomic E-state index is 5.04. The molecule has 0 saturated carbocycles. The van der Waals surface area contributed by atoms with Crippen LogP contribution in [0.1, 0.15) is 17.5 Å². The molecule has 0 amide bonds. The molecule has 6 nitrogen and oxygen atoms in total. The summed E-state index contributed by atoms with van der Waals surface area (Å²) in [5.74, 6) is 0.801. The summed E-state index contributed by atoms with van der Waals surface area (Å²) in [5.41, 5.74) is 2.49.